The van der Waals surface area contributed by atoms with Crippen LogP contribution in [0, 0.1) is 5.92 Å². The summed E-state index contributed by atoms with van der Waals surface area (Å²) in [5, 5.41) is 14.6. The van der Waals surface area contributed by atoms with Gasteiger partial charge >= 0.3 is 0 Å². The van der Waals surface area contributed by atoms with Crippen LogP contribution in [0.2, 0.25) is 10.0 Å². The van der Waals surface area contributed by atoms with Gasteiger partial charge in [-0.15, -0.1) is 11.3 Å². The lowest BCUT2D eigenvalue weighted by molar-refractivity contribution is 0.0959. The van der Waals surface area contributed by atoms with Gasteiger partial charge < -0.3 is 5.11 Å². The number of hydrazone groups is 1. The number of hydrogen-bond acceptors (Lipinski definition) is 4. The van der Waals surface area contributed by atoms with Crippen LogP contribution < -0.4 is 5.43 Å². The summed E-state index contributed by atoms with van der Waals surface area (Å²) in [5.74, 6) is 0.301. The number of halogens is 2. The van der Waals surface area contributed by atoms with Gasteiger partial charge in [0, 0.05) is 15.5 Å². The topological polar surface area (TPSA) is 61.7 Å². The molecule has 1 heterocycles. The monoisotopic (exact) mass is 396 g/mol. The zero-order valence-corrected chi connectivity index (χ0v) is 16.2. The van der Waals surface area contributed by atoms with Crippen LogP contribution in [0.5, 0.6) is 5.75 Å². The number of amides is 1. The van der Waals surface area contributed by atoms with Crippen molar-refractivity contribution < 1.29 is 9.90 Å². The first-order valence-electron chi connectivity index (χ1n) is 7.99. The second-order valence-electron chi connectivity index (χ2n) is 6.33. The van der Waals surface area contributed by atoms with E-state index in [0.717, 1.165) is 12.8 Å². The Labute approximate surface area is 160 Å². The Morgan fingerprint density at radius 3 is 2.88 bits per heavy atom. The highest BCUT2D eigenvalue weighted by Crippen LogP contribution is 2.33. The molecular formula is C18H18Cl2N2O2S. The first kappa shape index (κ1) is 18.2. The highest BCUT2D eigenvalue weighted by Gasteiger charge is 2.20. The number of nitrogens with one attached hydrogen (secondary N) is 1. The summed E-state index contributed by atoms with van der Waals surface area (Å²) in [6, 6.07) is 4.97. The Hall–Kier alpha value is -1.56. The maximum Gasteiger partial charge on any atom is 0.281 e. The van der Waals surface area contributed by atoms with Crippen molar-refractivity contribution in [3.8, 4) is 5.75 Å². The lowest BCUT2D eigenvalue weighted by Gasteiger charge is -2.16. The van der Waals surface area contributed by atoms with Gasteiger partial charge in [-0.1, -0.05) is 30.1 Å². The van der Waals surface area contributed by atoms with Crippen LogP contribution in [0.15, 0.2) is 23.3 Å². The molecule has 25 heavy (non-hydrogen) atoms. The van der Waals surface area contributed by atoms with E-state index in [-0.39, 0.29) is 16.7 Å². The van der Waals surface area contributed by atoms with Crippen molar-refractivity contribution in [1.82, 2.24) is 5.43 Å². The first-order chi connectivity index (χ1) is 11.8. The lowest BCUT2D eigenvalue weighted by atomic mass is 9.90. The number of carbonyl (C=O) groups excluding carboxylic acids is 1. The van der Waals surface area contributed by atoms with Gasteiger partial charge in [-0.3, -0.25) is 4.79 Å². The van der Waals surface area contributed by atoms with Gasteiger partial charge in [-0.2, -0.15) is 5.10 Å². The molecule has 0 saturated heterocycles. The van der Waals surface area contributed by atoms with Gasteiger partial charge in [0.1, 0.15) is 5.75 Å². The van der Waals surface area contributed by atoms with Gasteiger partial charge in [-0.25, -0.2) is 5.43 Å². The molecule has 1 aromatic heterocycles. The minimum Gasteiger partial charge on any atom is -0.506 e. The summed E-state index contributed by atoms with van der Waals surface area (Å²) < 4.78 is 0. The Bertz CT molecular complexity index is 861. The number of nitrogens with zero attached hydrogens (tertiary/aromatic N) is 1. The number of phenols is 1. The number of aromatic hydroxyl groups is 1. The molecule has 0 radical (unpaired) electrons. The summed E-state index contributed by atoms with van der Waals surface area (Å²) >= 11 is 13.4. The molecule has 0 unspecified atom stereocenters. The second-order valence-corrected chi connectivity index (χ2v) is 8.31. The maximum absolute atomic E-state index is 12.4. The van der Waals surface area contributed by atoms with Crippen LogP contribution in [0.25, 0.3) is 0 Å². The van der Waals surface area contributed by atoms with E-state index in [2.05, 4.69) is 17.5 Å². The average Bonchev–Trinajstić information content (AvgIpc) is 2.98. The average molecular weight is 397 g/mol. The maximum atomic E-state index is 12.4. The molecule has 132 valence electrons. The van der Waals surface area contributed by atoms with Crippen LogP contribution in [-0.2, 0) is 12.8 Å². The van der Waals surface area contributed by atoms with Crippen molar-refractivity contribution >= 4 is 46.2 Å². The number of hydrogen-bond donors (Lipinski definition) is 2. The van der Waals surface area contributed by atoms with E-state index in [1.807, 2.05) is 6.07 Å². The molecule has 1 aliphatic carbocycles. The second kappa shape index (κ2) is 7.36. The highest BCUT2D eigenvalue weighted by atomic mass is 35.5. The number of thiophene rings is 1. The van der Waals surface area contributed by atoms with E-state index >= 15 is 0 Å². The molecule has 0 aliphatic heterocycles. The normalized spacial score (nSPS) is 17.3. The highest BCUT2D eigenvalue weighted by molar-refractivity contribution is 7.14. The van der Waals surface area contributed by atoms with Crippen molar-refractivity contribution in [2.75, 3.05) is 0 Å². The number of rotatable bonds is 3. The number of carbonyl (C=O) groups is 1. The van der Waals surface area contributed by atoms with Crippen LogP contribution in [-0.4, -0.2) is 16.7 Å². The molecule has 0 spiro atoms. The zero-order valence-electron chi connectivity index (χ0n) is 13.9. The smallest absolute Gasteiger partial charge is 0.281 e. The molecule has 3 rings (SSSR count). The Balaban J connectivity index is 1.77. The fourth-order valence-electron chi connectivity index (χ4n) is 2.91. The minimum absolute atomic E-state index is 0.109. The molecule has 1 aliphatic rings. The Morgan fingerprint density at radius 1 is 1.36 bits per heavy atom. The fraction of sp³-hybridized carbons (Fsp3) is 0.333. The molecule has 2 N–H and O–H groups in total. The van der Waals surface area contributed by atoms with E-state index in [9.17, 15) is 9.90 Å². The quantitative estimate of drug-likeness (QED) is 0.563. The van der Waals surface area contributed by atoms with Crippen LogP contribution >= 0.6 is 34.5 Å². The largest absolute Gasteiger partial charge is 0.506 e. The Kier molecular flexibility index (Phi) is 5.37. The van der Waals surface area contributed by atoms with Crippen molar-refractivity contribution in [3.05, 3.63) is 49.1 Å². The van der Waals surface area contributed by atoms with Crippen molar-refractivity contribution in [2.45, 2.75) is 33.1 Å². The van der Waals surface area contributed by atoms with Gasteiger partial charge in [0.05, 0.1) is 15.6 Å². The van der Waals surface area contributed by atoms with Crippen LogP contribution in [0.3, 0.4) is 0 Å². The lowest BCUT2D eigenvalue weighted by Crippen LogP contribution is -2.18. The fourth-order valence-corrected chi connectivity index (χ4v) is 4.50. The molecule has 1 aromatic carbocycles. The Morgan fingerprint density at radius 2 is 2.12 bits per heavy atom. The molecule has 0 bridgehead atoms. The SMILES string of the molecule is C/C(=N\NC(=O)c1cc2c(s1)CC[C@H](C)C2)c1cc(Cl)cc(Cl)c1O. The van der Waals surface area contributed by atoms with Crippen molar-refractivity contribution in [3.63, 3.8) is 0 Å². The van der Waals surface area contributed by atoms with Gasteiger partial charge in [0.2, 0.25) is 0 Å². The number of fused-ring (bicyclic) bond motifs is 1. The van der Waals surface area contributed by atoms with Crippen molar-refractivity contribution in [1.29, 1.82) is 0 Å². The number of phenolic OH excluding ortho intramolecular Hbond substituents is 1. The summed E-state index contributed by atoms with van der Waals surface area (Å²) in [6.45, 7) is 3.90. The van der Waals surface area contributed by atoms with Gasteiger partial charge in [0.15, 0.2) is 0 Å². The molecule has 0 fully saturated rings. The predicted molar refractivity (Wildman–Crippen MR) is 103 cm³/mol. The van der Waals surface area contributed by atoms with E-state index in [0.29, 0.717) is 27.1 Å². The van der Waals surface area contributed by atoms with Gasteiger partial charge in [0.25, 0.3) is 5.91 Å². The predicted octanol–water partition coefficient (Wildman–Crippen LogP) is 5.04. The summed E-state index contributed by atoms with van der Waals surface area (Å²) in [4.78, 5) is 14.3. The van der Waals surface area contributed by atoms with Crippen LogP contribution in [0.1, 0.15) is 45.9 Å². The summed E-state index contributed by atoms with van der Waals surface area (Å²) in [7, 11) is 0. The third-order valence-electron chi connectivity index (χ3n) is 4.30. The number of benzene rings is 1. The van der Waals surface area contributed by atoms with E-state index in [4.69, 9.17) is 23.2 Å². The van der Waals surface area contributed by atoms with E-state index in [1.54, 1.807) is 13.0 Å². The molecule has 4 nitrogen and oxygen atoms in total. The summed E-state index contributed by atoms with van der Waals surface area (Å²) in [5.41, 5.74) is 4.63. The van der Waals surface area contributed by atoms with Crippen LogP contribution in [0.4, 0.5) is 0 Å². The van der Waals surface area contributed by atoms with E-state index < -0.39 is 0 Å². The molecule has 1 atom stereocenters. The third kappa shape index (κ3) is 4.00. The third-order valence-corrected chi connectivity index (χ3v) is 6.04. The zero-order chi connectivity index (χ0) is 18.1. The first-order valence-corrected chi connectivity index (χ1v) is 9.57. The van der Waals surface area contributed by atoms with Crippen molar-refractivity contribution in [2.24, 2.45) is 11.0 Å². The van der Waals surface area contributed by atoms with E-state index in [1.165, 1.54) is 34.3 Å². The molecule has 0 saturated carbocycles. The minimum atomic E-state index is -0.251. The summed E-state index contributed by atoms with van der Waals surface area (Å²) in [6.07, 6.45) is 3.22. The molecule has 1 amide bonds. The number of aryl methyl sites for hydroxylation is 1. The molecule has 2 aromatic rings. The molecular weight excluding hydrogens is 379 g/mol. The molecule has 7 heteroatoms. The standard InChI is InChI=1S/C18H18Cl2N2O2S/c1-9-3-4-15-11(5-9)6-16(25-15)18(24)22-21-10(2)13-7-12(19)8-14(20)17(13)23/h6-9,23H,3-5H2,1-2H3,(H,22,24)/b21-10+/t9-/m0/s1. The van der Waals surface area contributed by atoms with Gasteiger partial charge in [-0.05, 0) is 55.9 Å².